The number of carbonyl (C=O) groups is 1. The van der Waals surface area contributed by atoms with Crippen LogP contribution in [0, 0.1) is 5.82 Å². The van der Waals surface area contributed by atoms with Crippen LogP contribution in [0.2, 0.25) is 0 Å². The second-order valence-corrected chi connectivity index (χ2v) is 7.63. The first-order valence-corrected chi connectivity index (χ1v) is 9.63. The quantitative estimate of drug-likeness (QED) is 0.766. The molecule has 1 amide bonds. The third-order valence-electron chi connectivity index (χ3n) is 4.05. The van der Waals surface area contributed by atoms with Crippen LogP contribution in [0.3, 0.4) is 0 Å². The van der Waals surface area contributed by atoms with Gasteiger partial charge in [0.25, 0.3) is 0 Å². The third kappa shape index (κ3) is 4.31. The lowest BCUT2D eigenvalue weighted by Crippen LogP contribution is -2.51. The minimum absolute atomic E-state index is 0.0675. The number of hydrogen-bond donors (Lipinski definition) is 2. The highest BCUT2D eigenvalue weighted by atomic mass is 32.2. The number of sulfonamides is 1. The lowest BCUT2D eigenvalue weighted by Gasteiger charge is -2.31. The Labute approximate surface area is 142 Å². The highest BCUT2D eigenvalue weighted by Gasteiger charge is 2.31. The highest BCUT2D eigenvalue weighted by molar-refractivity contribution is 7.89. The minimum Gasteiger partial charge on any atom is -0.337 e. The zero-order valence-corrected chi connectivity index (χ0v) is 14.8. The van der Waals surface area contributed by atoms with Crippen LogP contribution in [-0.2, 0) is 14.8 Å². The smallest absolute Gasteiger partial charge is 0.244 e. The van der Waals surface area contributed by atoms with Crippen molar-refractivity contribution in [3.8, 4) is 0 Å². The molecule has 1 saturated heterocycles. The highest BCUT2D eigenvalue weighted by Crippen LogP contribution is 2.15. The van der Waals surface area contributed by atoms with Crippen LogP contribution >= 0.6 is 0 Å². The van der Waals surface area contributed by atoms with E-state index in [-0.39, 0.29) is 11.9 Å². The molecule has 0 saturated carbocycles. The molecule has 6 nitrogen and oxygen atoms in total. The van der Waals surface area contributed by atoms with E-state index in [0.29, 0.717) is 13.1 Å². The van der Waals surface area contributed by atoms with Crippen molar-refractivity contribution in [3.05, 3.63) is 30.1 Å². The zero-order chi connectivity index (χ0) is 17.7. The van der Waals surface area contributed by atoms with Gasteiger partial charge in [0.2, 0.25) is 15.9 Å². The van der Waals surface area contributed by atoms with Gasteiger partial charge in [-0.05, 0) is 38.4 Å². The minimum atomic E-state index is -4.10. The van der Waals surface area contributed by atoms with Crippen molar-refractivity contribution in [3.63, 3.8) is 0 Å². The summed E-state index contributed by atoms with van der Waals surface area (Å²) in [6, 6.07) is 4.23. The van der Waals surface area contributed by atoms with Crippen LogP contribution in [0.5, 0.6) is 0 Å². The van der Waals surface area contributed by atoms with Crippen LogP contribution in [0.25, 0.3) is 0 Å². The average molecular weight is 357 g/mol. The summed E-state index contributed by atoms with van der Waals surface area (Å²) in [7, 11) is -4.10. The Balaban J connectivity index is 2.13. The molecule has 2 atom stereocenters. The molecule has 1 aliphatic heterocycles. The van der Waals surface area contributed by atoms with E-state index in [1.165, 1.54) is 25.1 Å². The molecular weight excluding hydrogens is 333 g/mol. The van der Waals surface area contributed by atoms with Gasteiger partial charge in [0.05, 0.1) is 6.04 Å². The van der Waals surface area contributed by atoms with Gasteiger partial charge in [-0.2, -0.15) is 4.72 Å². The summed E-state index contributed by atoms with van der Waals surface area (Å²) >= 11 is 0. The van der Waals surface area contributed by atoms with E-state index in [4.69, 9.17) is 0 Å². The van der Waals surface area contributed by atoms with E-state index in [1.54, 1.807) is 4.90 Å². The Morgan fingerprint density at radius 2 is 2.17 bits per heavy atom. The fourth-order valence-electron chi connectivity index (χ4n) is 2.88. The monoisotopic (exact) mass is 357 g/mol. The summed E-state index contributed by atoms with van der Waals surface area (Å²) in [5.74, 6) is -1.12. The maximum Gasteiger partial charge on any atom is 0.244 e. The van der Waals surface area contributed by atoms with Crippen molar-refractivity contribution in [2.75, 3.05) is 19.6 Å². The molecule has 2 N–H and O–H groups in total. The predicted molar refractivity (Wildman–Crippen MR) is 89.5 cm³/mol. The summed E-state index contributed by atoms with van der Waals surface area (Å²) in [4.78, 5) is 14.0. The lowest BCUT2D eigenvalue weighted by molar-refractivity contribution is -0.134. The van der Waals surface area contributed by atoms with E-state index >= 15 is 0 Å². The Hall–Kier alpha value is -1.51. The molecule has 1 aliphatic rings. The van der Waals surface area contributed by atoms with Gasteiger partial charge in [0.15, 0.2) is 0 Å². The maximum absolute atomic E-state index is 13.7. The SMILES string of the molecule is CCCN(C(=O)C(C)NS(=O)(=O)c1ccccc1F)C1CCNC1. The number of nitrogens with one attached hydrogen (secondary N) is 2. The van der Waals surface area contributed by atoms with Gasteiger partial charge in [-0.25, -0.2) is 12.8 Å². The number of carbonyl (C=O) groups excluding carboxylic acids is 1. The van der Waals surface area contributed by atoms with Crippen molar-refractivity contribution in [2.45, 2.75) is 43.7 Å². The Morgan fingerprint density at radius 1 is 1.46 bits per heavy atom. The van der Waals surface area contributed by atoms with E-state index in [2.05, 4.69) is 10.0 Å². The Bertz CT molecular complexity index is 675. The van der Waals surface area contributed by atoms with E-state index in [9.17, 15) is 17.6 Å². The first-order valence-electron chi connectivity index (χ1n) is 8.15. The van der Waals surface area contributed by atoms with Crippen LogP contribution in [0.1, 0.15) is 26.7 Å². The molecule has 8 heteroatoms. The van der Waals surface area contributed by atoms with Crippen molar-refractivity contribution in [1.29, 1.82) is 0 Å². The summed E-state index contributed by atoms with van der Waals surface area (Å²) in [5, 5.41) is 3.20. The van der Waals surface area contributed by atoms with Gasteiger partial charge in [0.1, 0.15) is 10.7 Å². The molecule has 1 fully saturated rings. The van der Waals surface area contributed by atoms with Crippen molar-refractivity contribution < 1.29 is 17.6 Å². The molecule has 1 heterocycles. The van der Waals surface area contributed by atoms with Gasteiger partial charge < -0.3 is 10.2 Å². The van der Waals surface area contributed by atoms with Gasteiger partial charge in [-0.1, -0.05) is 19.1 Å². The molecule has 0 spiro atoms. The summed E-state index contributed by atoms with van der Waals surface area (Å²) in [6.07, 6.45) is 1.63. The van der Waals surface area contributed by atoms with Gasteiger partial charge in [-0.3, -0.25) is 4.79 Å². The molecule has 2 unspecified atom stereocenters. The number of halogens is 1. The molecule has 0 radical (unpaired) electrons. The van der Waals surface area contributed by atoms with E-state index in [1.807, 2.05) is 6.92 Å². The van der Waals surface area contributed by atoms with Crippen LogP contribution in [0.15, 0.2) is 29.2 Å². The third-order valence-corrected chi connectivity index (χ3v) is 5.63. The summed E-state index contributed by atoms with van der Waals surface area (Å²) in [5.41, 5.74) is 0. The Kier molecular flexibility index (Phi) is 6.31. The fourth-order valence-corrected chi connectivity index (χ4v) is 4.15. The maximum atomic E-state index is 13.7. The number of rotatable bonds is 7. The molecule has 0 bridgehead atoms. The number of nitrogens with zero attached hydrogens (tertiary/aromatic N) is 1. The van der Waals surface area contributed by atoms with Gasteiger partial charge in [0, 0.05) is 19.1 Å². The summed E-state index contributed by atoms with van der Waals surface area (Å²) < 4.78 is 40.7. The van der Waals surface area contributed by atoms with E-state index in [0.717, 1.165) is 25.5 Å². The van der Waals surface area contributed by atoms with Crippen molar-refractivity contribution >= 4 is 15.9 Å². The molecule has 134 valence electrons. The molecule has 24 heavy (non-hydrogen) atoms. The first-order chi connectivity index (χ1) is 11.4. The molecule has 1 aromatic carbocycles. The number of benzene rings is 1. The normalized spacial score (nSPS) is 19.2. The predicted octanol–water partition coefficient (Wildman–Crippen LogP) is 1.09. The van der Waals surface area contributed by atoms with Crippen LogP contribution in [0.4, 0.5) is 4.39 Å². The molecule has 1 aromatic rings. The van der Waals surface area contributed by atoms with Crippen molar-refractivity contribution in [2.24, 2.45) is 0 Å². The van der Waals surface area contributed by atoms with Gasteiger partial charge in [-0.15, -0.1) is 0 Å². The Morgan fingerprint density at radius 3 is 2.75 bits per heavy atom. The fraction of sp³-hybridized carbons (Fsp3) is 0.562. The zero-order valence-electron chi connectivity index (χ0n) is 14.0. The largest absolute Gasteiger partial charge is 0.337 e. The van der Waals surface area contributed by atoms with Crippen LogP contribution < -0.4 is 10.0 Å². The number of hydrogen-bond acceptors (Lipinski definition) is 4. The van der Waals surface area contributed by atoms with E-state index < -0.39 is 26.8 Å². The number of amides is 1. The topological polar surface area (TPSA) is 78.5 Å². The second-order valence-electron chi connectivity index (χ2n) is 5.95. The average Bonchev–Trinajstić information content (AvgIpc) is 3.05. The lowest BCUT2D eigenvalue weighted by atomic mass is 10.1. The first kappa shape index (κ1) is 18.8. The molecule has 0 aromatic heterocycles. The second kappa shape index (κ2) is 8.04. The molecule has 2 rings (SSSR count). The van der Waals surface area contributed by atoms with Crippen molar-refractivity contribution in [1.82, 2.24) is 14.9 Å². The van der Waals surface area contributed by atoms with Gasteiger partial charge >= 0.3 is 0 Å². The summed E-state index contributed by atoms with van der Waals surface area (Å²) in [6.45, 7) is 5.57. The molecular formula is C16H24FN3O3S. The standard InChI is InChI=1S/C16H24FN3O3S/c1-3-10-20(13-8-9-18-11-13)16(21)12(2)19-24(22,23)15-7-5-4-6-14(15)17/h4-7,12-13,18-19H,3,8-11H2,1-2H3. The molecule has 0 aliphatic carbocycles. The van der Waals surface area contributed by atoms with Crippen LogP contribution in [-0.4, -0.2) is 50.9 Å².